The topological polar surface area (TPSA) is 277 Å². The van der Waals surface area contributed by atoms with Crippen molar-refractivity contribution in [1.82, 2.24) is 0 Å². The number of Topliss-reactive ketones (excluding diaryl/α,β-unsaturated/α-hetero) is 1. The molecule has 0 saturated heterocycles. The maximum Gasteiger partial charge on any atom is 0.397 e. The van der Waals surface area contributed by atoms with Gasteiger partial charge in [-0.15, -0.1) is 0 Å². The molecule has 3 aromatic rings. The van der Waals surface area contributed by atoms with Crippen molar-refractivity contribution in [3.63, 3.8) is 0 Å². The molecule has 0 aliphatic heterocycles. The molecule has 0 saturated carbocycles. The van der Waals surface area contributed by atoms with Crippen LogP contribution in [0.4, 0.5) is 11.4 Å². The number of hydrazone groups is 1. The van der Waals surface area contributed by atoms with Crippen LogP contribution in [0.1, 0.15) is 22.8 Å². The van der Waals surface area contributed by atoms with Crippen LogP contribution in [0.5, 0.6) is 0 Å². The quantitative estimate of drug-likeness (QED) is 0.148. The van der Waals surface area contributed by atoms with Crippen LogP contribution in [0, 0.1) is 0 Å². The molecule has 1 aliphatic carbocycles. The fraction of sp³-hybridized carbons (Fsp3) is 0.125. The average molecular weight is 704 g/mol. The van der Waals surface area contributed by atoms with Gasteiger partial charge in [0.25, 0.3) is 20.2 Å². The summed E-state index contributed by atoms with van der Waals surface area (Å²) in [6, 6.07) is 9.75. The summed E-state index contributed by atoms with van der Waals surface area (Å²) in [6.07, 6.45) is 0.701. The molecule has 240 valence electrons. The maximum absolute atomic E-state index is 13.5. The Morgan fingerprint density at radius 2 is 1.60 bits per heavy atom. The molecular formula is C24H21N3O14S4. The number of benzene rings is 3. The highest BCUT2D eigenvalue weighted by Crippen LogP contribution is 2.34. The van der Waals surface area contributed by atoms with E-state index in [1.54, 1.807) is 6.07 Å². The lowest BCUT2D eigenvalue weighted by molar-refractivity contribution is -0.114. The third kappa shape index (κ3) is 7.77. The first kappa shape index (κ1) is 33.8. The molecule has 1 amide bonds. The Hall–Kier alpha value is -4.09. The minimum atomic E-state index is -5.20. The number of hydrogen-bond acceptors (Lipinski definition) is 13. The molecule has 21 heteroatoms. The summed E-state index contributed by atoms with van der Waals surface area (Å²) >= 11 is 0. The van der Waals surface area contributed by atoms with Gasteiger partial charge in [0.1, 0.15) is 4.91 Å². The van der Waals surface area contributed by atoms with E-state index < -0.39 is 96.8 Å². The number of nitrogens with one attached hydrogen (secondary N) is 2. The fourth-order valence-electron chi connectivity index (χ4n) is 4.25. The van der Waals surface area contributed by atoms with Crippen molar-refractivity contribution in [2.45, 2.75) is 16.7 Å². The Balaban J connectivity index is 1.81. The summed E-state index contributed by atoms with van der Waals surface area (Å²) in [6.45, 7) is 0.148. The summed E-state index contributed by atoms with van der Waals surface area (Å²) in [4.78, 5) is 23.2. The standard InChI is InChI=1S/C24H21N3O14S4/c1-13(28)25-19-12-17(43(32,33)34)9-15-10-21(44(35,36)37)23(24(29)22(15)19)27-26-16-6-5-14-3-2-4-20(18(14)11-16)42(30,31)8-7-41-45(38,39)40/h2-6,9-12,26H,7-8H2,1H3,(H,25,28)(H,32,33,34)(H,35,36,37)(H,38,39,40)/b27-23-. The third-order valence-electron chi connectivity index (χ3n) is 6.05. The summed E-state index contributed by atoms with van der Waals surface area (Å²) < 4.78 is 128. The van der Waals surface area contributed by atoms with Crippen molar-refractivity contribution in [2.24, 2.45) is 5.10 Å². The fourth-order valence-corrected chi connectivity index (χ4v) is 7.17. The van der Waals surface area contributed by atoms with Crippen molar-refractivity contribution >= 4 is 86.1 Å². The number of carbonyl (C=O) groups is 2. The molecule has 0 heterocycles. The van der Waals surface area contributed by atoms with Gasteiger partial charge in [0.15, 0.2) is 15.5 Å². The van der Waals surface area contributed by atoms with Crippen molar-refractivity contribution in [1.29, 1.82) is 0 Å². The zero-order chi connectivity index (χ0) is 33.5. The van der Waals surface area contributed by atoms with Crippen molar-refractivity contribution in [2.75, 3.05) is 23.1 Å². The number of fused-ring (bicyclic) bond motifs is 2. The molecule has 17 nitrogen and oxygen atoms in total. The maximum atomic E-state index is 13.5. The zero-order valence-electron chi connectivity index (χ0n) is 22.5. The lowest BCUT2D eigenvalue weighted by Gasteiger charge is -2.20. The first-order valence-corrected chi connectivity index (χ1v) is 18.0. The second-order valence-electron chi connectivity index (χ2n) is 9.24. The normalized spacial score (nSPS) is 15.1. The van der Waals surface area contributed by atoms with Crippen LogP contribution in [0.25, 0.3) is 16.8 Å². The van der Waals surface area contributed by atoms with Crippen LogP contribution in [0.3, 0.4) is 0 Å². The molecule has 45 heavy (non-hydrogen) atoms. The molecule has 3 aromatic carbocycles. The molecule has 1 aliphatic rings. The minimum Gasteiger partial charge on any atom is -0.326 e. The van der Waals surface area contributed by atoms with Gasteiger partial charge in [-0.2, -0.15) is 30.4 Å². The Morgan fingerprint density at radius 3 is 2.20 bits per heavy atom. The Bertz CT molecular complexity index is 2280. The zero-order valence-corrected chi connectivity index (χ0v) is 25.8. The van der Waals surface area contributed by atoms with Gasteiger partial charge in [0.2, 0.25) is 11.7 Å². The summed E-state index contributed by atoms with van der Waals surface area (Å²) in [5.41, 5.74) is 0.256. The molecular weight excluding hydrogens is 683 g/mol. The molecule has 0 spiro atoms. The van der Waals surface area contributed by atoms with Crippen LogP contribution in [-0.2, 0) is 49.5 Å². The van der Waals surface area contributed by atoms with Crippen LogP contribution in [-0.4, -0.2) is 77.1 Å². The Morgan fingerprint density at radius 1 is 0.911 bits per heavy atom. The molecule has 0 bridgehead atoms. The smallest absolute Gasteiger partial charge is 0.326 e. The number of amides is 1. The molecule has 4 rings (SSSR count). The van der Waals surface area contributed by atoms with E-state index in [2.05, 4.69) is 20.0 Å². The van der Waals surface area contributed by atoms with Gasteiger partial charge in [-0.25, -0.2) is 12.6 Å². The highest BCUT2D eigenvalue weighted by molar-refractivity contribution is 7.92. The van der Waals surface area contributed by atoms with E-state index in [9.17, 15) is 52.4 Å². The number of nitrogens with zero attached hydrogens (tertiary/aromatic N) is 1. The molecule has 0 fully saturated rings. The predicted octanol–water partition coefficient (Wildman–Crippen LogP) is 1.53. The van der Waals surface area contributed by atoms with Crippen molar-refractivity contribution in [3.8, 4) is 0 Å². The molecule has 0 radical (unpaired) electrons. The van der Waals surface area contributed by atoms with Crippen LogP contribution in [0.15, 0.2) is 68.3 Å². The van der Waals surface area contributed by atoms with Crippen LogP contribution < -0.4 is 10.7 Å². The number of ketones is 1. The van der Waals surface area contributed by atoms with Gasteiger partial charge in [0, 0.05) is 12.3 Å². The van der Waals surface area contributed by atoms with Crippen molar-refractivity contribution in [3.05, 3.63) is 64.6 Å². The predicted molar refractivity (Wildman–Crippen MR) is 159 cm³/mol. The van der Waals surface area contributed by atoms with Gasteiger partial charge in [-0.3, -0.25) is 28.7 Å². The van der Waals surface area contributed by atoms with E-state index in [1.807, 2.05) is 0 Å². The first-order valence-electron chi connectivity index (χ1n) is 12.1. The number of sulfone groups is 1. The molecule has 0 atom stereocenters. The minimum absolute atomic E-state index is 0.00364. The number of hydrogen-bond donors (Lipinski definition) is 5. The average Bonchev–Trinajstić information content (AvgIpc) is 2.89. The Labute approximate surface area is 256 Å². The van der Waals surface area contributed by atoms with Gasteiger partial charge in [0.05, 0.1) is 39.1 Å². The second-order valence-corrected chi connectivity index (χ2v) is 15.2. The van der Waals surface area contributed by atoms with Gasteiger partial charge in [-0.1, -0.05) is 18.2 Å². The second kappa shape index (κ2) is 12.0. The van der Waals surface area contributed by atoms with E-state index in [-0.39, 0.29) is 16.0 Å². The third-order valence-corrected chi connectivity index (χ3v) is 9.94. The summed E-state index contributed by atoms with van der Waals surface area (Å²) in [5, 5.41) is 6.51. The number of rotatable bonds is 10. The van der Waals surface area contributed by atoms with Crippen molar-refractivity contribution < 1.29 is 61.1 Å². The SMILES string of the molecule is CC(=O)Nc1cc(S(=O)(=O)O)cc2c1C(=O)/C(=N\Nc1ccc3cccc(S(=O)(=O)CCOS(=O)(=O)O)c3c1)C(S(=O)(=O)O)=C2. The largest absolute Gasteiger partial charge is 0.397 e. The van der Waals surface area contributed by atoms with Gasteiger partial charge < -0.3 is 5.32 Å². The lowest BCUT2D eigenvalue weighted by Crippen LogP contribution is -2.28. The molecule has 0 unspecified atom stereocenters. The van der Waals surface area contributed by atoms with E-state index in [1.165, 1.54) is 30.3 Å². The van der Waals surface area contributed by atoms with E-state index in [4.69, 9.17) is 4.55 Å². The molecule has 5 N–H and O–H groups in total. The number of anilines is 2. The first-order chi connectivity index (χ1) is 20.7. The summed E-state index contributed by atoms with van der Waals surface area (Å²) in [7, 11) is -19.2. The van der Waals surface area contributed by atoms with E-state index >= 15 is 0 Å². The van der Waals surface area contributed by atoms with E-state index in [0.29, 0.717) is 11.5 Å². The molecule has 0 aromatic heterocycles. The van der Waals surface area contributed by atoms with Crippen LogP contribution in [0.2, 0.25) is 0 Å². The number of carbonyl (C=O) groups excluding carboxylic acids is 2. The monoisotopic (exact) mass is 703 g/mol. The van der Waals surface area contributed by atoms with Gasteiger partial charge in [-0.05, 0) is 47.4 Å². The number of allylic oxidation sites excluding steroid dienone is 1. The van der Waals surface area contributed by atoms with E-state index in [0.717, 1.165) is 19.1 Å². The highest BCUT2D eigenvalue weighted by Gasteiger charge is 2.36. The lowest BCUT2D eigenvalue weighted by atomic mass is 9.93. The summed E-state index contributed by atoms with van der Waals surface area (Å²) in [5.74, 6) is -2.79. The van der Waals surface area contributed by atoms with Crippen LogP contribution >= 0.6 is 0 Å². The van der Waals surface area contributed by atoms with Gasteiger partial charge >= 0.3 is 10.4 Å². The Kier molecular flexibility index (Phi) is 9.02. The highest BCUT2D eigenvalue weighted by atomic mass is 32.3.